The minimum absolute atomic E-state index is 0.0931. The van der Waals surface area contributed by atoms with Crippen molar-refractivity contribution in [1.29, 1.82) is 0 Å². The summed E-state index contributed by atoms with van der Waals surface area (Å²) in [5.74, 6) is 0.939. The number of benzene rings is 2. The first-order valence-electron chi connectivity index (χ1n) is 8.42. The van der Waals surface area contributed by atoms with Crippen LogP contribution in [0.5, 0.6) is 17.2 Å². The van der Waals surface area contributed by atoms with E-state index in [1.54, 1.807) is 49.5 Å². The molecule has 0 saturated heterocycles. The third-order valence-corrected chi connectivity index (χ3v) is 4.34. The highest BCUT2D eigenvalue weighted by molar-refractivity contribution is 5.98. The molecule has 1 amide bonds. The summed E-state index contributed by atoms with van der Waals surface area (Å²) < 4.78 is 21.0. The van der Waals surface area contributed by atoms with Crippen LogP contribution in [-0.2, 0) is 20.7 Å². The molecule has 0 radical (unpaired) electrons. The molecular formula is C20H21NO6. The van der Waals surface area contributed by atoms with Gasteiger partial charge in [0.25, 0.3) is 0 Å². The van der Waals surface area contributed by atoms with Crippen molar-refractivity contribution in [2.24, 2.45) is 0 Å². The van der Waals surface area contributed by atoms with Gasteiger partial charge < -0.3 is 23.8 Å². The number of nitrogens with zero attached hydrogens (tertiary/aromatic N) is 1. The first-order valence-corrected chi connectivity index (χ1v) is 8.42. The zero-order valence-electron chi connectivity index (χ0n) is 15.4. The van der Waals surface area contributed by atoms with Crippen LogP contribution in [-0.4, -0.2) is 45.9 Å². The fourth-order valence-electron chi connectivity index (χ4n) is 2.99. The molecule has 2 aromatic carbocycles. The number of carbonyl (C=O) groups is 2. The Morgan fingerprint density at radius 3 is 2.52 bits per heavy atom. The van der Waals surface area contributed by atoms with Gasteiger partial charge in [-0.3, -0.25) is 4.79 Å². The fraction of sp³-hybridized carbons (Fsp3) is 0.300. The molecule has 142 valence electrons. The van der Waals surface area contributed by atoms with Crippen molar-refractivity contribution < 1.29 is 28.5 Å². The maximum Gasteiger partial charge on any atom is 0.348 e. The quantitative estimate of drug-likeness (QED) is 0.751. The summed E-state index contributed by atoms with van der Waals surface area (Å²) in [6.45, 7) is 0.0931. The second-order valence-electron chi connectivity index (χ2n) is 5.97. The standard InChI is InChI=1S/C20H21NO6/c1-24-16-9-8-13(10-17(16)25-2)11-19(22)21-12-18(20(23)26-3)27-15-7-5-4-6-14(15)21/h4-10,18H,11-12H2,1-3H3/t18-/m0/s1. The lowest BCUT2D eigenvalue weighted by Crippen LogP contribution is -2.48. The van der Waals surface area contributed by atoms with Gasteiger partial charge in [-0.2, -0.15) is 0 Å². The van der Waals surface area contributed by atoms with Crippen molar-refractivity contribution in [2.75, 3.05) is 32.8 Å². The summed E-state index contributed by atoms with van der Waals surface area (Å²) in [5.41, 5.74) is 1.40. The van der Waals surface area contributed by atoms with Crippen LogP contribution < -0.4 is 19.1 Å². The number of amides is 1. The number of rotatable bonds is 5. The predicted octanol–water partition coefficient (Wildman–Crippen LogP) is 2.21. The van der Waals surface area contributed by atoms with Crippen molar-refractivity contribution in [3.05, 3.63) is 48.0 Å². The molecule has 0 spiro atoms. The minimum Gasteiger partial charge on any atom is -0.493 e. The van der Waals surface area contributed by atoms with E-state index >= 15 is 0 Å². The second kappa shape index (κ2) is 7.99. The molecular weight excluding hydrogens is 350 g/mol. The smallest absolute Gasteiger partial charge is 0.348 e. The van der Waals surface area contributed by atoms with Gasteiger partial charge in [0.2, 0.25) is 12.0 Å². The maximum absolute atomic E-state index is 13.0. The minimum atomic E-state index is -0.862. The Bertz CT molecular complexity index is 850. The van der Waals surface area contributed by atoms with Crippen molar-refractivity contribution in [1.82, 2.24) is 0 Å². The number of ether oxygens (including phenoxy) is 4. The molecule has 1 aliphatic rings. The highest BCUT2D eigenvalue weighted by atomic mass is 16.6. The summed E-state index contributed by atoms with van der Waals surface area (Å²) in [7, 11) is 4.39. The Hall–Kier alpha value is -3.22. The van der Waals surface area contributed by atoms with Gasteiger partial charge in [0, 0.05) is 0 Å². The Kier molecular flexibility index (Phi) is 5.49. The lowest BCUT2D eigenvalue weighted by Gasteiger charge is -2.33. The molecule has 1 atom stereocenters. The van der Waals surface area contributed by atoms with E-state index in [4.69, 9.17) is 18.9 Å². The lowest BCUT2D eigenvalue weighted by molar-refractivity contribution is -0.148. The number of carbonyl (C=O) groups excluding carboxylic acids is 2. The number of esters is 1. The van der Waals surface area contributed by atoms with Crippen LogP contribution in [0.1, 0.15) is 5.56 Å². The Balaban J connectivity index is 1.86. The van der Waals surface area contributed by atoms with Crippen LogP contribution >= 0.6 is 0 Å². The normalized spacial score (nSPS) is 15.4. The summed E-state index contributed by atoms with van der Waals surface area (Å²) in [4.78, 5) is 26.5. The van der Waals surface area contributed by atoms with Gasteiger partial charge in [-0.15, -0.1) is 0 Å². The second-order valence-corrected chi connectivity index (χ2v) is 5.97. The molecule has 0 N–H and O–H groups in total. The fourth-order valence-corrected chi connectivity index (χ4v) is 2.99. The van der Waals surface area contributed by atoms with Gasteiger partial charge >= 0.3 is 5.97 Å². The van der Waals surface area contributed by atoms with E-state index in [9.17, 15) is 9.59 Å². The van der Waals surface area contributed by atoms with Gasteiger partial charge in [-0.05, 0) is 29.8 Å². The van der Waals surface area contributed by atoms with Crippen LogP contribution in [0.25, 0.3) is 0 Å². The van der Waals surface area contributed by atoms with Crippen molar-refractivity contribution in [3.63, 3.8) is 0 Å². The van der Waals surface area contributed by atoms with Gasteiger partial charge in [-0.1, -0.05) is 18.2 Å². The Morgan fingerprint density at radius 2 is 1.81 bits per heavy atom. The number of methoxy groups -OCH3 is 3. The van der Waals surface area contributed by atoms with E-state index in [0.717, 1.165) is 5.56 Å². The van der Waals surface area contributed by atoms with Crippen LogP contribution in [0.4, 0.5) is 5.69 Å². The molecule has 2 aromatic rings. The average Bonchev–Trinajstić information content (AvgIpc) is 2.72. The van der Waals surface area contributed by atoms with E-state index in [-0.39, 0.29) is 18.9 Å². The molecule has 0 unspecified atom stereocenters. The van der Waals surface area contributed by atoms with E-state index in [0.29, 0.717) is 22.9 Å². The van der Waals surface area contributed by atoms with Crippen LogP contribution in [0, 0.1) is 0 Å². The topological polar surface area (TPSA) is 74.3 Å². The summed E-state index contributed by atoms with van der Waals surface area (Å²) in [6, 6.07) is 12.4. The van der Waals surface area contributed by atoms with Crippen molar-refractivity contribution >= 4 is 17.6 Å². The Morgan fingerprint density at radius 1 is 1.07 bits per heavy atom. The molecule has 0 aromatic heterocycles. The van der Waals surface area contributed by atoms with Crippen molar-refractivity contribution in [2.45, 2.75) is 12.5 Å². The first-order chi connectivity index (χ1) is 13.1. The highest BCUT2D eigenvalue weighted by Crippen LogP contribution is 2.34. The lowest BCUT2D eigenvalue weighted by atomic mass is 10.1. The SMILES string of the molecule is COC(=O)[C@@H]1CN(C(=O)Cc2ccc(OC)c(OC)c2)c2ccccc2O1. The van der Waals surface area contributed by atoms with Gasteiger partial charge in [0.1, 0.15) is 5.75 Å². The summed E-state index contributed by atoms with van der Waals surface area (Å²) >= 11 is 0. The zero-order chi connectivity index (χ0) is 19.4. The third kappa shape index (κ3) is 3.81. The monoisotopic (exact) mass is 371 g/mol. The average molecular weight is 371 g/mol. The number of hydrogen-bond donors (Lipinski definition) is 0. The predicted molar refractivity (Wildman–Crippen MR) is 98.5 cm³/mol. The van der Waals surface area contributed by atoms with Gasteiger partial charge in [0.15, 0.2) is 11.5 Å². The van der Waals surface area contributed by atoms with E-state index in [1.807, 2.05) is 12.1 Å². The molecule has 3 rings (SSSR count). The summed E-state index contributed by atoms with van der Waals surface area (Å²) in [6.07, 6.45) is -0.720. The molecule has 0 fully saturated rings. The molecule has 0 bridgehead atoms. The van der Waals surface area contributed by atoms with E-state index < -0.39 is 12.1 Å². The molecule has 0 aliphatic carbocycles. The number of anilines is 1. The molecule has 1 aliphatic heterocycles. The molecule has 7 heteroatoms. The first kappa shape index (κ1) is 18.6. The largest absolute Gasteiger partial charge is 0.493 e. The van der Waals surface area contributed by atoms with Gasteiger partial charge in [0.05, 0.1) is 40.0 Å². The number of hydrogen-bond acceptors (Lipinski definition) is 6. The zero-order valence-corrected chi connectivity index (χ0v) is 15.4. The van der Waals surface area contributed by atoms with Gasteiger partial charge in [-0.25, -0.2) is 4.79 Å². The molecule has 27 heavy (non-hydrogen) atoms. The van der Waals surface area contributed by atoms with Crippen LogP contribution in [0.15, 0.2) is 42.5 Å². The highest BCUT2D eigenvalue weighted by Gasteiger charge is 2.34. The number of para-hydroxylation sites is 2. The molecule has 0 saturated carbocycles. The van der Waals surface area contributed by atoms with Crippen LogP contribution in [0.2, 0.25) is 0 Å². The molecule has 7 nitrogen and oxygen atoms in total. The van der Waals surface area contributed by atoms with Crippen molar-refractivity contribution in [3.8, 4) is 17.2 Å². The third-order valence-electron chi connectivity index (χ3n) is 4.34. The summed E-state index contributed by atoms with van der Waals surface area (Å²) in [5, 5.41) is 0. The van der Waals surface area contributed by atoms with E-state index in [2.05, 4.69) is 0 Å². The Labute approximate surface area is 157 Å². The molecule has 1 heterocycles. The van der Waals surface area contributed by atoms with E-state index in [1.165, 1.54) is 7.11 Å². The number of fused-ring (bicyclic) bond motifs is 1. The van der Waals surface area contributed by atoms with Crippen LogP contribution in [0.3, 0.4) is 0 Å². The maximum atomic E-state index is 13.0.